The Hall–Kier alpha value is -0.840. The van der Waals surface area contributed by atoms with Gasteiger partial charge in [0.05, 0.1) is 6.61 Å². The summed E-state index contributed by atoms with van der Waals surface area (Å²) < 4.78 is 10.3. The first-order valence-electron chi connectivity index (χ1n) is 8.72. The molecule has 0 radical (unpaired) electrons. The molecule has 0 aliphatic heterocycles. The van der Waals surface area contributed by atoms with Crippen molar-refractivity contribution < 1.29 is 19.1 Å². The molecule has 0 aromatic heterocycles. The molecule has 0 aliphatic rings. The van der Waals surface area contributed by atoms with Gasteiger partial charge < -0.3 is 9.47 Å². The predicted octanol–water partition coefficient (Wildman–Crippen LogP) is 5.15. The predicted molar refractivity (Wildman–Crippen MR) is 96.4 cm³/mol. The zero-order chi connectivity index (χ0) is 17.5. The summed E-state index contributed by atoms with van der Waals surface area (Å²) in [5.74, 6) is -0.628. The van der Waals surface area contributed by atoms with E-state index in [0.717, 1.165) is 63.5 Å². The molecule has 0 heterocycles. The van der Waals surface area contributed by atoms with Gasteiger partial charge >= 0.3 is 11.9 Å². The second-order valence-electron chi connectivity index (χ2n) is 5.72. The fourth-order valence-corrected chi connectivity index (χ4v) is 2.57. The van der Waals surface area contributed by atoms with Crippen LogP contribution in [0.3, 0.4) is 0 Å². The largest absolute Gasteiger partial charge is 0.462 e. The van der Waals surface area contributed by atoms with Gasteiger partial charge in [-0.05, 0) is 41.1 Å². The number of carbonyl (C=O) groups is 2. The maximum atomic E-state index is 11.6. The lowest BCUT2D eigenvalue weighted by molar-refractivity contribution is -0.141. The number of hydrogen-bond donors (Lipinski definition) is 0. The third-order valence-electron chi connectivity index (χ3n) is 3.64. The first-order chi connectivity index (χ1) is 11.0. The first kappa shape index (κ1) is 22.2. The summed E-state index contributed by atoms with van der Waals surface area (Å²) in [6.45, 7) is 6.77. The molecule has 4 nitrogen and oxygen atoms in total. The van der Waals surface area contributed by atoms with Crippen LogP contribution in [0, 0.1) is 5.92 Å². The summed E-state index contributed by atoms with van der Waals surface area (Å²) in [7, 11) is 0. The van der Waals surface area contributed by atoms with Gasteiger partial charge in [0.15, 0.2) is 5.01 Å². The van der Waals surface area contributed by atoms with Crippen molar-refractivity contribution in [2.45, 2.75) is 77.2 Å². The van der Waals surface area contributed by atoms with Crippen LogP contribution in [0.1, 0.15) is 72.1 Å². The van der Waals surface area contributed by atoms with Crippen molar-refractivity contribution >= 4 is 27.9 Å². The fourth-order valence-electron chi connectivity index (χ4n) is 2.06. The van der Waals surface area contributed by atoms with E-state index in [-0.39, 0.29) is 5.01 Å². The molecular weight excluding hydrogens is 360 g/mol. The molecule has 0 saturated heterocycles. The van der Waals surface area contributed by atoms with Crippen LogP contribution in [0.15, 0.2) is 12.2 Å². The number of alkyl halides is 1. The lowest BCUT2D eigenvalue weighted by Gasteiger charge is -2.13. The number of esters is 2. The summed E-state index contributed by atoms with van der Waals surface area (Å²) in [5, 5.41) is -0.305. The van der Waals surface area contributed by atoms with E-state index >= 15 is 0 Å². The Morgan fingerprint density at radius 2 is 1.61 bits per heavy atom. The highest BCUT2D eigenvalue weighted by Crippen LogP contribution is 2.14. The second kappa shape index (κ2) is 14.7. The number of ether oxygens (including phenoxy) is 2. The Labute approximate surface area is 149 Å². The van der Waals surface area contributed by atoms with E-state index in [1.54, 1.807) is 0 Å². The standard InChI is InChI=1S/C18H31BrO4/c1-4-7-9-11-16(19)23-18(21)13-12-17(20)22-14-15(6-3)10-8-5-2/h12-13,15-16H,4-11,14H2,1-3H3. The summed E-state index contributed by atoms with van der Waals surface area (Å²) in [5.41, 5.74) is 0. The van der Waals surface area contributed by atoms with E-state index in [9.17, 15) is 9.59 Å². The lowest BCUT2D eigenvalue weighted by atomic mass is 10.0. The maximum absolute atomic E-state index is 11.6. The van der Waals surface area contributed by atoms with E-state index in [2.05, 4.69) is 36.7 Å². The third kappa shape index (κ3) is 13.3. The van der Waals surface area contributed by atoms with Gasteiger partial charge in [-0.15, -0.1) is 0 Å². The van der Waals surface area contributed by atoms with E-state index in [0.29, 0.717) is 12.5 Å². The van der Waals surface area contributed by atoms with Crippen molar-refractivity contribution in [1.29, 1.82) is 0 Å². The molecule has 0 fully saturated rings. The van der Waals surface area contributed by atoms with Crippen LogP contribution in [0.25, 0.3) is 0 Å². The highest BCUT2D eigenvalue weighted by molar-refractivity contribution is 9.09. The van der Waals surface area contributed by atoms with Gasteiger partial charge in [-0.3, -0.25) is 0 Å². The first-order valence-corrected chi connectivity index (χ1v) is 9.64. The normalized spacial score (nSPS) is 13.7. The molecule has 2 unspecified atom stereocenters. The third-order valence-corrected chi connectivity index (χ3v) is 4.28. The molecule has 0 aromatic rings. The molecule has 0 amide bonds. The number of unbranched alkanes of at least 4 members (excludes halogenated alkanes) is 3. The molecule has 0 bridgehead atoms. The van der Waals surface area contributed by atoms with E-state index < -0.39 is 11.9 Å². The number of carbonyl (C=O) groups excluding carboxylic acids is 2. The van der Waals surface area contributed by atoms with Gasteiger partial charge in [-0.2, -0.15) is 0 Å². The monoisotopic (exact) mass is 390 g/mol. The molecule has 5 heteroatoms. The number of hydrogen-bond acceptors (Lipinski definition) is 4. The Morgan fingerprint density at radius 1 is 0.957 bits per heavy atom. The molecule has 0 aliphatic carbocycles. The minimum Gasteiger partial charge on any atom is -0.462 e. The molecule has 0 aromatic carbocycles. The summed E-state index contributed by atoms with van der Waals surface area (Å²) in [6.07, 6.45) is 10.6. The molecule has 0 spiro atoms. The number of halogens is 1. The molecule has 2 atom stereocenters. The molecule has 0 saturated carbocycles. The highest BCUT2D eigenvalue weighted by atomic mass is 79.9. The Bertz CT molecular complexity index is 355. The molecule has 134 valence electrons. The van der Waals surface area contributed by atoms with Crippen LogP contribution in [-0.2, 0) is 19.1 Å². The van der Waals surface area contributed by atoms with Crippen LogP contribution in [0.4, 0.5) is 0 Å². The zero-order valence-corrected chi connectivity index (χ0v) is 16.3. The van der Waals surface area contributed by atoms with Crippen LogP contribution >= 0.6 is 15.9 Å². The van der Waals surface area contributed by atoms with Gasteiger partial charge in [0.1, 0.15) is 0 Å². The van der Waals surface area contributed by atoms with Crippen molar-refractivity contribution in [3.63, 3.8) is 0 Å². The minimum atomic E-state index is -0.529. The van der Waals surface area contributed by atoms with Crippen LogP contribution < -0.4 is 0 Å². The van der Waals surface area contributed by atoms with E-state index in [1.165, 1.54) is 0 Å². The fraction of sp³-hybridized carbons (Fsp3) is 0.778. The quantitative estimate of drug-likeness (QED) is 0.189. The van der Waals surface area contributed by atoms with Gasteiger partial charge in [-0.25, -0.2) is 9.59 Å². The van der Waals surface area contributed by atoms with Crippen molar-refractivity contribution in [2.24, 2.45) is 5.92 Å². The molecule has 23 heavy (non-hydrogen) atoms. The molecule has 0 N–H and O–H groups in total. The SMILES string of the molecule is CCCCCC(Br)OC(=O)C=CC(=O)OCC(CC)CCCC. The van der Waals surface area contributed by atoms with Gasteiger partial charge in [-0.1, -0.05) is 52.9 Å². The van der Waals surface area contributed by atoms with Gasteiger partial charge in [0.2, 0.25) is 0 Å². The summed E-state index contributed by atoms with van der Waals surface area (Å²) in [4.78, 5) is 23.2. The topological polar surface area (TPSA) is 52.6 Å². The lowest BCUT2D eigenvalue weighted by Crippen LogP contribution is -2.13. The van der Waals surface area contributed by atoms with E-state index in [1.807, 2.05) is 0 Å². The molecule has 0 rings (SSSR count). The molecular formula is C18H31BrO4. The van der Waals surface area contributed by atoms with Crippen molar-refractivity contribution in [1.82, 2.24) is 0 Å². The maximum Gasteiger partial charge on any atom is 0.332 e. The van der Waals surface area contributed by atoms with Crippen molar-refractivity contribution in [3.8, 4) is 0 Å². The van der Waals surface area contributed by atoms with Crippen molar-refractivity contribution in [2.75, 3.05) is 6.61 Å². The Kier molecular flexibility index (Phi) is 14.2. The van der Waals surface area contributed by atoms with E-state index in [4.69, 9.17) is 9.47 Å². The zero-order valence-electron chi connectivity index (χ0n) is 14.7. The van der Waals surface area contributed by atoms with Gasteiger partial charge in [0, 0.05) is 12.2 Å². The minimum absolute atomic E-state index is 0.305. The summed E-state index contributed by atoms with van der Waals surface area (Å²) >= 11 is 3.31. The summed E-state index contributed by atoms with van der Waals surface area (Å²) in [6, 6.07) is 0. The van der Waals surface area contributed by atoms with Crippen LogP contribution in [0.5, 0.6) is 0 Å². The average molecular weight is 391 g/mol. The smallest absolute Gasteiger partial charge is 0.332 e. The number of rotatable bonds is 13. The van der Waals surface area contributed by atoms with Crippen molar-refractivity contribution in [3.05, 3.63) is 12.2 Å². The van der Waals surface area contributed by atoms with Gasteiger partial charge in [0.25, 0.3) is 0 Å². The second-order valence-corrected chi connectivity index (χ2v) is 6.74. The Morgan fingerprint density at radius 3 is 2.22 bits per heavy atom. The highest BCUT2D eigenvalue weighted by Gasteiger charge is 2.10. The Balaban J connectivity index is 3.98. The average Bonchev–Trinajstić information content (AvgIpc) is 2.53. The van der Waals surface area contributed by atoms with Crippen LogP contribution in [0.2, 0.25) is 0 Å². The van der Waals surface area contributed by atoms with Crippen LogP contribution in [-0.4, -0.2) is 23.6 Å².